The van der Waals surface area contributed by atoms with Crippen LogP contribution in [0.1, 0.15) is 31.2 Å². The van der Waals surface area contributed by atoms with Crippen molar-refractivity contribution in [3.8, 4) is 17.0 Å². The van der Waals surface area contributed by atoms with E-state index in [1.807, 2.05) is 19.9 Å². The zero-order valence-corrected chi connectivity index (χ0v) is 11.9. The Bertz CT molecular complexity index is 594. The van der Waals surface area contributed by atoms with Gasteiger partial charge in [0.1, 0.15) is 17.3 Å². The van der Waals surface area contributed by atoms with Crippen LogP contribution in [0.3, 0.4) is 0 Å². The van der Waals surface area contributed by atoms with Gasteiger partial charge in [-0.1, -0.05) is 0 Å². The van der Waals surface area contributed by atoms with E-state index >= 15 is 0 Å². The van der Waals surface area contributed by atoms with Crippen LogP contribution in [0, 0.1) is 12.7 Å². The van der Waals surface area contributed by atoms with Gasteiger partial charge in [-0.05, 0) is 56.7 Å². The second-order valence-corrected chi connectivity index (χ2v) is 4.66. The van der Waals surface area contributed by atoms with Crippen LogP contribution in [-0.4, -0.2) is 16.7 Å². The maximum atomic E-state index is 13.0. The number of hydrogen-bond acceptors (Lipinski definition) is 3. The van der Waals surface area contributed by atoms with Gasteiger partial charge < -0.3 is 9.84 Å². The molecule has 20 heavy (non-hydrogen) atoms. The van der Waals surface area contributed by atoms with Gasteiger partial charge in [0.25, 0.3) is 0 Å². The van der Waals surface area contributed by atoms with Crippen molar-refractivity contribution in [1.29, 1.82) is 0 Å². The van der Waals surface area contributed by atoms with Gasteiger partial charge in [0.15, 0.2) is 0 Å². The van der Waals surface area contributed by atoms with Crippen LogP contribution >= 0.6 is 0 Å². The summed E-state index contributed by atoms with van der Waals surface area (Å²) >= 11 is 0. The zero-order valence-electron chi connectivity index (χ0n) is 11.9. The number of aryl methyl sites for hydroxylation is 1. The molecule has 2 aromatic rings. The summed E-state index contributed by atoms with van der Waals surface area (Å²) in [7, 11) is 0. The third-order valence-corrected chi connectivity index (χ3v) is 3.01. The molecule has 0 aliphatic rings. The van der Waals surface area contributed by atoms with E-state index in [4.69, 9.17) is 4.74 Å². The first-order chi connectivity index (χ1) is 9.52. The molecule has 0 spiro atoms. The molecule has 0 aliphatic heterocycles. The highest BCUT2D eigenvalue weighted by Gasteiger charge is 2.15. The average molecular weight is 275 g/mol. The number of aliphatic hydroxyl groups excluding tert-OH is 1. The first kappa shape index (κ1) is 14.5. The number of rotatable bonds is 4. The van der Waals surface area contributed by atoms with Crippen LogP contribution in [0.2, 0.25) is 0 Å². The van der Waals surface area contributed by atoms with E-state index in [0.717, 1.165) is 11.1 Å². The standard InChI is InChI=1S/C16H18FNO2/c1-4-20-16-10(2)9-14(11(3)19)18-15(16)12-5-7-13(17)8-6-12/h5-9,11,19H,4H2,1-3H3. The first-order valence-electron chi connectivity index (χ1n) is 6.61. The minimum absolute atomic E-state index is 0.296. The van der Waals surface area contributed by atoms with Crippen molar-refractivity contribution in [2.45, 2.75) is 26.9 Å². The molecule has 1 unspecified atom stereocenters. The van der Waals surface area contributed by atoms with Crippen molar-refractivity contribution in [3.63, 3.8) is 0 Å². The van der Waals surface area contributed by atoms with Crippen molar-refractivity contribution < 1.29 is 14.2 Å². The number of halogens is 1. The summed E-state index contributed by atoms with van der Waals surface area (Å²) in [5.74, 6) is 0.374. The quantitative estimate of drug-likeness (QED) is 0.926. The lowest BCUT2D eigenvalue weighted by Crippen LogP contribution is -2.04. The molecule has 4 heteroatoms. The Morgan fingerprint density at radius 2 is 1.95 bits per heavy atom. The summed E-state index contributed by atoms with van der Waals surface area (Å²) in [6.07, 6.45) is -0.663. The van der Waals surface area contributed by atoms with Crippen LogP contribution in [0.4, 0.5) is 4.39 Å². The van der Waals surface area contributed by atoms with Gasteiger partial charge in [-0.3, -0.25) is 0 Å². The number of nitrogens with zero attached hydrogens (tertiary/aromatic N) is 1. The molecular weight excluding hydrogens is 257 g/mol. The molecule has 0 saturated carbocycles. The summed E-state index contributed by atoms with van der Waals surface area (Å²) in [5.41, 5.74) is 2.87. The lowest BCUT2D eigenvalue weighted by molar-refractivity contribution is 0.194. The van der Waals surface area contributed by atoms with Crippen molar-refractivity contribution in [2.75, 3.05) is 6.61 Å². The fourth-order valence-electron chi connectivity index (χ4n) is 2.03. The van der Waals surface area contributed by atoms with Gasteiger partial charge in [0.2, 0.25) is 0 Å². The van der Waals surface area contributed by atoms with E-state index in [1.165, 1.54) is 12.1 Å². The van der Waals surface area contributed by atoms with E-state index in [9.17, 15) is 9.50 Å². The predicted octanol–water partition coefficient (Wildman–Crippen LogP) is 3.65. The lowest BCUT2D eigenvalue weighted by atomic mass is 10.1. The summed E-state index contributed by atoms with van der Waals surface area (Å²) in [6, 6.07) is 7.90. The Morgan fingerprint density at radius 3 is 2.50 bits per heavy atom. The Kier molecular flexibility index (Phi) is 4.35. The van der Waals surface area contributed by atoms with Gasteiger partial charge >= 0.3 is 0 Å². The van der Waals surface area contributed by atoms with Gasteiger partial charge in [-0.2, -0.15) is 0 Å². The van der Waals surface area contributed by atoms with E-state index < -0.39 is 6.10 Å². The predicted molar refractivity (Wildman–Crippen MR) is 76.2 cm³/mol. The van der Waals surface area contributed by atoms with E-state index in [0.29, 0.717) is 23.7 Å². The molecule has 106 valence electrons. The van der Waals surface area contributed by atoms with Gasteiger partial charge in [-0.25, -0.2) is 9.37 Å². The summed E-state index contributed by atoms with van der Waals surface area (Å²) in [5, 5.41) is 9.72. The maximum Gasteiger partial charge on any atom is 0.148 e. The fraction of sp³-hybridized carbons (Fsp3) is 0.312. The second-order valence-electron chi connectivity index (χ2n) is 4.66. The van der Waals surface area contributed by atoms with Gasteiger partial charge in [-0.15, -0.1) is 0 Å². The molecule has 0 fully saturated rings. The van der Waals surface area contributed by atoms with Crippen molar-refractivity contribution in [3.05, 3.63) is 47.4 Å². The molecule has 0 aliphatic carbocycles. The minimum Gasteiger partial charge on any atom is -0.491 e. The SMILES string of the molecule is CCOc1c(C)cc(C(C)O)nc1-c1ccc(F)cc1. The maximum absolute atomic E-state index is 13.0. The highest BCUT2D eigenvalue weighted by molar-refractivity contribution is 5.68. The van der Waals surface area contributed by atoms with Crippen LogP contribution < -0.4 is 4.74 Å². The Hall–Kier alpha value is -1.94. The number of aromatic nitrogens is 1. The smallest absolute Gasteiger partial charge is 0.148 e. The van der Waals surface area contributed by atoms with Crippen LogP contribution in [0.25, 0.3) is 11.3 Å². The molecule has 3 nitrogen and oxygen atoms in total. The summed E-state index contributed by atoms with van der Waals surface area (Å²) in [4.78, 5) is 4.45. The Morgan fingerprint density at radius 1 is 1.30 bits per heavy atom. The second kappa shape index (κ2) is 6.01. The van der Waals surface area contributed by atoms with E-state index in [-0.39, 0.29) is 5.82 Å². The molecule has 1 aromatic carbocycles. The topological polar surface area (TPSA) is 42.4 Å². The molecule has 2 rings (SSSR count). The minimum atomic E-state index is -0.663. The third-order valence-electron chi connectivity index (χ3n) is 3.01. The Labute approximate surface area is 118 Å². The van der Waals surface area contributed by atoms with Crippen molar-refractivity contribution >= 4 is 0 Å². The molecule has 1 atom stereocenters. The number of aliphatic hydroxyl groups is 1. The molecule has 0 bridgehead atoms. The molecular formula is C16H18FNO2. The molecule has 0 saturated heterocycles. The summed E-state index contributed by atoms with van der Waals surface area (Å²) < 4.78 is 18.7. The van der Waals surface area contributed by atoms with Gasteiger partial charge in [0, 0.05) is 5.56 Å². The molecule has 1 N–H and O–H groups in total. The molecule has 0 radical (unpaired) electrons. The van der Waals surface area contributed by atoms with Crippen LogP contribution in [0.5, 0.6) is 5.75 Å². The molecule has 0 amide bonds. The number of pyridine rings is 1. The highest BCUT2D eigenvalue weighted by Crippen LogP contribution is 2.33. The molecule has 1 aromatic heterocycles. The largest absolute Gasteiger partial charge is 0.491 e. The lowest BCUT2D eigenvalue weighted by Gasteiger charge is -2.15. The fourth-order valence-corrected chi connectivity index (χ4v) is 2.03. The highest BCUT2D eigenvalue weighted by atomic mass is 19.1. The third kappa shape index (κ3) is 2.96. The number of benzene rings is 1. The van der Waals surface area contributed by atoms with E-state index in [1.54, 1.807) is 19.1 Å². The Balaban J connectivity index is 2.60. The van der Waals surface area contributed by atoms with Crippen molar-refractivity contribution in [1.82, 2.24) is 4.98 Å². The van der Waals surface area contributed by atoms with Crippen LogP contribution in [0.15, 0.2) is 30.3 Å². The first-order valence-corrected chi connectivity index (χ1v) is 6.61. The number of hydrogen-bond donors (Lipinski definition) is 1. The van der Waals surface area contributed by atoms with E-state index in [2.05, 4.69) is 4.98 Å². The molecule has 1 heterocycles. The van der Waals surface area contributed by atoms with Crippen LogP contribution in [-0.2, 0) is 0 Å². The van der Waals surface area contributed by atoms with Gasteiger partial charge in [0.05, 0.1) is 18.4 Å². The summed E-state index contributed by atoms with van der Waals surface area (Å²) in [6.45, 7) is 5.99. The average Bonchev–Trinajstić information content (AvgIpc) is 2.41. The zero-order chi connectivity index (χ0) is 14.7. The normalized spacial score (nSPS) is 12.2. The number of ether oxygens (including phenoxy) is 1. The monoisotopic (exact) mass is 275 g/mol. The van der Waals surface area contributed by atoms with Crippen molar-refractivity contribution in [2.24, 2.45) is 0 Å².